The van der Waals surface area contributed by atoms with Crippen molar-refractivity contribution >= 4 is 5.97 Å². The molecule has 1 rings (SSSR count). The largest absolute Gasteiger partial charge is 0.461 e. The van der Waals surface area contributed by atoms with Crippen LogP contribution in [0, 0.1) is 13.8 Å². The van der Waals surface area contributed by atoms with Gasteiger partial charge in [-0.1, -0.05) is 0 Å². The molecule has 0 aromatic carbocycles. The fraction of sp³-hybridized carbons (Fsp3) is 0.600. The topological polar surface area (TPSA) is 53.4 Å². The van der Waals surface area contributed by atoms with E-state index >= 15 is 0 Å². The first kappa shape index (κ1) is 12.5. The van der Waals surface area contributed by atoms with Gasteiger partial charge in [0.15, 0.2) is 5.75 Å². The van der Waals surface area contributed by atoms with Gasteiger partial charge in [-0.25, -0.2) is 4.79 Å². The van der Waals surface area contributed by atoms with Crippen LogP contribution in [-0.2, 0) is 16.6 Å². The minimum atomic E-state index is -2.11. The Morgan fingerprint density at radius 3 is 2.62 bits per heavy atom. The molecule has 0 aliphatic rings. The molecule has 0 saturated carbocycles. The molecule has 1 atom stereocenters. The van der Waals surface area contributed by atoms with Gasteiger partial charge in [-0.05, 0) is 20.8 Å². The fourth-order valence-corrected chi connectivity index (χ4v) is 1.28. The zero-order valence-corrected chi connectivity index (χ0v) is 9.78. The third-order valence-corrected chi connectivity index (χ3v) is 2.14. The van der Waals surface area contributed by atoms with Gasteiger partial charge >= 0.3 is 12.3 Å². The zero-order chi connectivity index (χ0) is 12.3. The number of halogens is 1. The van der Waals surface area contributed by atoms with Crippen molar-refractivity contribution < 1.29 is 18.7 Å². The fourth-order valence-electron chi connectivity index (χ4n) is 1.28. The number of rotatable bonds is 4. The highest BCUT2D eigenvalue weighted by molar-refractivity contribution is 5.73. The molecule has 1 unspecified atom stereocenters. The first-order chi connectivity index (χ1) is 7.47. The lowest BCUT2D eigenvalue weighted by Gasteiger charge is -2.10. The molecular weight excluding hydrogens is 215 g/mol. The number of carbonyl (C=O) groups is 1. The summed E-state index contributed by atoms with van der Waals surface area (Å²) in [6.45, 7) is 5.13. The summed E-state index contributed by atoms with van der Waals surface area (Å²) in [6, 6.07) is 0. The summed E-state index contributed by atoms with van der Waals surface area (Å²) in [7, 11) is 1.72. The van der Waals surface area contributed by atoms with Crippen molar-refractivity contribution in [2.45, 2.75) is 27.1 Å². The molecule has 0 radical (unpaired) electrons. The summed E-state index contributed by atoms with van der Waals surface area (Å²) in [5, 5.41) is 4.04. The lowest BCUT2D eigenvalue weighted by Crippen LogP contribution is -2.25. The highest BCUT2D eigenvalue weighted by atomic mass is 19.1. The van der Waals surface area contributed by atoms with Gasteiger partial charge < -0.3 is 9.47 Å². The quantitative estimate of drug-likeness (QED) is 0.731. The standard InChI is InChI=1S/C10H15FN2O3/c1-5-15-10(14)9(11)16-8-6(2)12-13(4)7(8)3/h9H,5H2,1-4H3. The van der Waals surface area contributed by atoms with Crippen molar-refractivity contribution in [3.8, 4) is 5.75 Å². The predicted octanol–water partition coefficient (Wildman–Crippen LogP) is 1.27. The van der Waals surface area contributed by atoms with Gasteiger partial charge in [0.25, 0.3) is 0 Å². The molecule has 0 bridgehead atoms. The first-order valence-corrected chi connectivity index (χ1v) is 4.95. The average molecular weight is 230 g/mol. The number of aromatic nitrogens is 2. The third kappa shape index (κ3) is 2.50. The van der Waals surface area contributed by atoms with Crippen molar-refractivity contribution in [3.63, 3.8) is 0 Å². The highest BCUT2D eigenvalue weighted by Crippen LogP contribution is 2.23. The van der Waals surface area contributed by atoms with Crippen LogP contribution in [0.4, 0.5) is 4.39 Å². The maximum atomic E-state index is 13.3. The molecule has 0 aliphatic heterocycles. The minimum absolute atomic E-state index is 0.119. The molecule has 0 fully saturated rings. The molecule has 0 N–H and O–H groups in total. The molecular formula is C10H15FN2O3. The summed E-state index contributed by atoms with van der Waals surface area (Å²) in [5.41, 5.74) is 1.19. The Balaban J connectivity index is 2.76. The van der Waals surface area contributed by atoms with Crippen LogP contribution in [0.25, 0.3) is 0 Å². The number of alkyl halides is 1. The number of esters is 1. The Labute approximate surface area is 93.1 Å². The third-order valence-electron chi connectivity index (χ3n) is 2.14. The molecule has 1 heterocycles. The van der Waals surface area contributed by atoms with Crippen LogP contribution in [0.1, 0.15) is 18.3 Å². The van der Waals surface area contributed by atoms with E-state index < -0.39 is 12.3 Å². The maximum absolute atomic E-state index is 13.3. The molecule has 1 aromatic rings. The minimum Gasteiger partial charge on any atom is -0.461 e. The van der Waals surface area contributed by atoms with E-state index in [-0.39, 0.29) is 12.4 Å². The van der Waals surface area contributed by atoms with Crippen molar-refractivity contribution in [3.05, 3.63) is 11.4 Å². The van der Waals surface area contributed by atoms with Crippen molar-refractivity contribution in [1.29, 1.82) is 0 Å². The van der Waals surface area contributed by atoms with Crippen molar-refractivity contribution in [1.82, 2.24) is 9.78 Å². The Bertz CT molecular complexity index is 390. The van der Waals surface area contributed by atoms with E-state index in [1.54, 1.807) is 32.5 Å². The van der Waals surface area contributed by atoms with Crippen molar-refractivity contribution in [2.75, 3.05) is 6.61 Å². The molecule has 90 valence electrons. The first-order valence-electron chi connectivity index (χ1n) is 4.95. The van der Waals surface area contributed by atoms with Crippen LogP contribution in [0.2, 0.25) is 0 Å². The molecule has 0 amide bonds. The van der Waals surface area contributed by atoms with Crippen LogP contribution < -0.4 is 4.74 Å². The van der Waals surface area contributed by atoms with Crippen LogP contribution >= 0.6 is 0 Å². The lowest BCUT2D eigenvalue weighted by molar-refractivity contribution is -0.159. The van der Waals surface area contributed by atoms with Gasteiger partial charge in [-0.3, -0.25) is 4.68 Å². The van der Waals surface area contributed by atoms with E-state index in [0.29, 0.717) is 11.4 Å². The molecule has 1 aromatic heterocycles. The van der Waals surface area contributed by atoms with E-state index in [0.717, 1.165) is 0 Å². The molecule has 5 nitrogen and oxygen atoms in total. The molecule has 0 saturated heterocycles. The molecule has 0 spiro atoms. The van der Waals surface area contributed by atoms with Gasteiger partial charge in [0.1, 0.15) is 5.69 Å². The van der Waals surface area contributed by atoms with Gasteiger partial charge in [-0.2, -0.15) is 9.49 Å². The second kappa shape index (κ2) is 4.96. The van der Waals surface area contributed by atoms with Crippen LogP contribution in [0.5, 0.6) is 5.75 Å². The smallest absolute Gasteiger partial charge is 0.381 e. The maximum Gasteiger partial charge on any atom is 0.381 e. The number of hydrogen-bond donors (Lipinski definition) is 0. The summed E-state index contributed by atoms with van der Waals surface area (Å²) < 4.78 is 24.2. The second-order valence-electron chi connectivity index (χ2n) is 3.31. The Hall–Kier alpha value is -1.59. The predicted molar refractivity (Wildman–Crippen MR) is 54.8 cm³/mol. The van der Waals surface area contributed by atoms with Crippen LogP contribution in [0.15, 0.2) is 0 Å². The average Bonchev–Trinajstić information content (AvgIpc) is 2.45. The van der Waals surface area contributed by atoms with Gasteiger partial charge in [-0.15, -0.1) is 0 Å². The summed E-state index contributed by atoms with van der Waals surface area (Å²) in [6.07, 6.45) is -2.11. The lowest BCUT2D eigenvalue weighted by atomic mass is 10.3. The Morgan fingerprint density at radius 2 is 2.19 bits per heavy atom. The molecule has 6 heteroatoms. The SMILES string of the molecule is CCOC(=O)C(F)Oc1c(C)nn(C)c1C. The Kier molecular flexibility index (Phi) is 3.87. The van der Waals surface area contributed by atoms with Crippen molar-refractivity contribution in [2.24, 2.45) is 7.05 Å². The van der Waals surface area contributed by atoms with Gasteiger partial charge in [0, 0.05) is 7.05 Å². The summed E-state index contributed by atoms with van der Waals surface area (Å²) >= 11 is 0. The summed E-state index contributed by atoms with van der Waals surface area (Å²) in [5.74, 6) is -0.742. The van der Waals surface area contributed by atoms with Gasteiger partial charge in [0.2, 0.25) is 0 Å². The van der Waals surface area contributed by atoms with Crippen LogP contribution in [-0.4, -0.2) is 28.7 Å². The zero-order valence-electron chi connectivity index (χ0n) is 9.78. The van der Waals surface area contributed by atoms with Gasteiger partial charge in [0.05, 0.1) is 12.3 Å². The monoisotopic (exact) mass is 230 g/mol. The van der Waals surface area contributed by atoms with E-state index in [2.05, 4.69) is 9.84 Å². The normalized spacial score (nSPS) is 12.3. The highest BCUT2D eigenvalue weighted by Gasteiger charge is 2.23. The van der Waals surface area contributed by atoms with E-state index in [9.17, 15) is 9.18 Å². The van der Waals surface area contributed by atoms with E-state index in [4.69, 9.17) is 4.74 Å². The molecule has 0 aliphatic carbocycles. The number of ether oxygens (including phenoxy) is 2. The van der Waals surface area contributed by atoms with E-state index in [1.807, 2.05) is 0 Å². The second-order valence-corrected chi connectivity index (χ2v) is 3.31. The Morgan fingerprint density at radius 1 is 1.56 bits per heavy atom. The van der Waals surface area contributed by atoms with Crippen LogP contribution in [0.3, 0.4) is 0 Å². The summed E-state index contributed by atoms with van der Waals surface area (Å²) in [4.78, 5) is 11.0. The number of nitrogens with zero attached hydrogens (tertiary/aromatic N) is 2. The number of carbonyl (C=O) groups excluding carboxylic acids is 1. The molecule has 16 heavy (non-hydrogen) atoms. The number of hydrogen-bond acceptors (Lipinski definition) is 4. The van der Waals surface area contributed by atoms with E-state index in [1.165, 1.54) is 0 Å². The number of aryl methyl sites for hydroxylation is 2.